The van der Waals surface area contributed by atoms with Crippen molar-refractivity contribution in [3.8, 4) is 0 Å². The van der Waals surface area contributed by atoms with Crippen molar-refractivity contribution in [2.75, 3.05) is 12.8 Å². The van der Waals surface area contributed by atoms with Crippen LogP contribution in [0.25, 0.3) is 0 Å². The second kappa shape index (κ2) is 6.32. The summed E-state index contributed by atoms with van der Waals surface area (Å²) < 4.78 is 25.5. The molecule has 5 heteroatoms. The average Bonchev–Trinajstić information content (AvgIpc) is 2.22. The molecule has 2 atom stereocenters. The monoisotopic (exact) mass is 304 g/mol. The lowest BCUT2D eigenvalue weighted by Crippen LogP contribution is -2.54. The van der Waals surface area contributed by atoms with Gasteiger partial charge in [-0.2, -0.15) is 0 Å². The maximum absolute atomic E-state index is 11.4. The Morgan fingerprint density at radius 3 is 2.10 bits per heavy atom. The van der Waals surface area contributed by atoms with Gasteiger partial charge in [-0.05, 0) is 38.0 Å². The molecule has 20 heavy (non-hydrogen) atoms. The van der Waals surface area contributed by atoms with Crippen molar-refractivity contribution in [2.45, 2.75) is 71.9 Å². The average molecular weight is 305 g/mol. The van der Waals surface area contributed by atoms with Gasteiger partial charge in [-0.1, -0.05) is 33.6 Å². The van der Waals surface area contributed by atoms with Crippen LogP contribution in [-0.2, 0) is 10.0 Å². The molecule has 0 aromatic carbocycles. The lowest BCUT2D eigenvalue weighted by atomic mass is 9.69. The second-order valence-corrected chi connectivity index (χ2v) is 9.75. The van der Waals surface area contributed by atoms with E-state index in [0.717, 1.165) is 0 Å². The van der Waals surface area contributed by atoms with Gasteiger partial charge < -0.3 is 5.32 Å². The maximum Gasteiger partial charge on any atom is 0.209 e. The van der Waals surface area contributed by atoms with Crippen LogP contribution >= 0.6 is 0 Å². The zero-order valence-corrected chi connectivity index (χ0v) is 14.7. The molecule has 120 valence electrons. The minimum Gasteiger partial charge on any atom is -0.312 e. The summed E-state index contributed by atoms with van der Waals surface area (Å²) >= 11 is 0. The number of hydrogen-bond donors (Lipinski definition) is 2. The first-order valence-corrected chi connectivity index (χ1v) is 9.52. The molecule has 2 N–H and O–H groups in total. The fourth-order valence-electron chi connectivity index (χ4n) is 3.34. The highest BCUT2D eigenvalue weighted by molar-refractivity contribution is 7.88. The lowest BCUT2D eigenvalue weighted by Gasteiger charge is -2.42. The van der Waals surface area contributed by atoms with E-state index in [4.69, 9.17) is 0 Å². The molecule has 0 radical (unpaired) electrons. The van der Waals surface area contributed by atoms with Crippen molar-refractivity contribution >= 4 is 10.0 Å². The molecular weight excluding hydrogens is 272 g/mol. The molecule has 0 heterocycles. The van der Waals surface area contributed by atoms with E-state index in [0.29, 0.717) is 23.9 Å². The van der Waals surface area contributed by atoms with E-state index in [1.54, 1.807) is 0 Å². The molecule has 0 amide bonds. The van der Waals surface area contributed by atoms with Crippen molar-refractivity contribution in [1.29, 1.82) is 0 Å². The minimum absolute atomic E-state index is 0.298. The third kappa shape index (κ3) is 6.10. The fraction of sp³-hybridized carbons (Fsp3) is 1.00. The molecule has 1 saturated carbocycles. The van der Waals surface area contributed by atoms with E-state index in [2.05, 4.69) is 30.8 Å². The number of hydrogen-bond acceptors (Lipinski definition) is 3. The van der Waals surface area contributed by atoms with Crippen LogP contribution in [0.2, 0.25) is 0 Å². The van der Waals surface area contributed by atoms with Gasteiger partial charge in [0.15, 0.2) is 0 Å². The third-order valence-corrected chi connectivity index (χ3v) is 5.07. The van der Waals surface area contributed by atoms with Crippen LogP contribution in [0, 0.1) is 11.3 Å². The van der Waals surface area contributed by atoms with Gasteiger partial charge in [-0.25, -0.2) is 13.1 Å². The molecule has 1 rings (SSSR count). The minimum atomic E-state index is -3.17. The van der Waals surface area contributed by atoms with Crippen molar-refractivity contribution in [3.63, 3.8) is 0 Å². The summed E-state index contributed by atoms with van der Waals surface area (Å²) in [7, 11) is -3.17. The molecule has 1 aliphatic rings. The molecule has 0 aromatic rings. The molecular formula is C15H32N2O2S. The quantitative estimate of drug-likeness (QED) is 0.820. The topological polar surface area (TPSA) is 58.2 Å². The first-order valence-electron chi connectivity index (χ1n) is 7.63. The van der Waals surface area contributed by atoms with Crippen molar-refractivity contribution < 1.29 is 8.42 Å². The van der Waals surface area contributed by atoms with Gasteiger partial charge in [0.1, 0.15) is 0 Å². The zero-order chi connectivity index (χ0) is 15.6. The summed E-state index contributed by atoms with van der Waals surface area (Å²) in [4.78, 5) is 0. The van der Waals surface area contributed by atoms with Crippen molar-refractivity contribution in [1.82, 2.24) is 10.0 Å². The Hall–Kier alpha value is -0.130. The summed E-state index contributed by atoms with van der Waals surface area (Å²) in [6.07, 6.45) is 6.25. The van der Waals surface area contributed by atoms with E-state index >= 15 is 0 Å². The van der Waals surface area contributed by atoms with Gasteiger partial charge in [0.2, 0.25) is 10.0 Å². The van der Waals surface area contributed by atoms with E-state index in [1.165, 1.54) is 31.9 Å². The summed E-state index contributed by atoms with van der Waals surface area (Å²) in [6, 6.07) is 0.490. The highest BCUT2D eigenvalue weighted by atomic mass is 32.2. The Morgan fingerprint density at radius 1 is 1.05 bits per heavy atom. The first-order chi connectivity index (χ1) is 8.91. The summed E-state index contributed by atoms with van der Waals surface area (Å²) in [6.45, 7) is 11.4. The van der Waals surface area contributed by atoms with E-state index in [1.807, 2.05) is 13.8 Å². The number of rotatable bonds is 5. The van der Waals surface area contributed by atoms with Crippen LogP contribution in [0.3, 0.4) is 0 Å². The highest BCUT2D eigenvalue weighted by Gasteiger charge is 2.35. The standard InChI is InChI=1S/C15H32N2O2S/c1-14(2,3)12-9-7-8-10-13(12)16-11-15(4,5)17-20(6,18)19/h12-13,16-17H,7-11H2,1-6H3. The smallest absolute Gasteiger partial charge is 0.209 e. The maximum atomic E-state index is 11.4. The third-order valence-electron chi connectivity index (χ3n) is 4.15. The Bertz CT molecular complexity index is 410. The van der Waals surface area contributed by atoms with Crippen LogP contribution in [0.1, 0.15) is 60.3 Å². The Morgan fingerprint density at radius 2 is 1.60 bits per heavy atom. The van der Waals surface area contributed by atoms with Crippen molar-refractivity contribution in [3.05, 3.63) is 0 Å². The van der Waals surface area contributed by atoms with Crippen LogP contribution < -0.4 is 10.0 Å². The summed E-state index contributed by atoms with van der Waals surface area (Å²) in [5.41, 5.74) is -0.153. The normalized spacial score (nSPS) is 25.7. The Kier molecular flexibility index (Phi) is 5.67. The SMILES string of the molecule is CC(C)(CNC1CCCCC1C(C)(C)C)NS(C)(=O)=O. The first kappa shape index (κ1) is 17.9. The molecule has 1 aliphatic carbocycles. The predicted octanol–water partition coefficient (Wildman–Crippen LogP) is 2.51. The fourth-order valence-corrected chi connectivity index (χ4v) is 4.41. The largest absolute Gasteiger partial charge is 0.312 e. The number of nitrogens with one attached hydrogen (secondary N) is 2. The van der Waals surface area contributed by atoms with Gasteiger partial charge in [0.05, 0.1) is 6.26 Å². The van der Waals surface area contributed by atoms with Gasteiger partial charge in [-0.3, -0.25) is 0 Å². The highest BCUT2D eigenvalue weighted by Crippen LogP contribution is 2.38. The molecule has 2 unspecified atom stereocenters. The molecule has 0 spiro atoms. The molecule has 1 fully saturated rings. The van der Waals surface area contributed by atoms with Gasteiger partial charge in [0, 0.05) is 18.1 Å². The van der Waals surface area contributed by atoms with E-state index < -0.39 is 15.6 Å². The lowest BCUT2D eigenvalue weighted by molar-refractivity contribution is 0.127. The van der Waals surface area contributed by atoms with E-state index in [9.17, 15) is 8.42 Å². The second-order valence-electron chi connectivity index (χ2n) is 8.00. The summed E-state index contributed by atoms with van der Waals surface area (Å²) in [5, 5.41) is 3.61. The predicted molar refractivity (Wildman–Crippen MR) is 85.3 cm³/mol. The van der Waals surface area contributed by atoms with Crippen molar-refractivity contribution in [2.24, 2.45) is 11.3 Å². The van der Waals surface area contributed by atoms with Gasteiger partial charge in [0.25, 0.3) is 0 Å². The molecule has 4 nitrogen and oxygen atoms in total. The zero-order valence-electron chi connectivity index (χ0n) is 13.9. The Labute approximate surface area is 125 Å². The van der Waals surface area contributed by atoms with Crippen LogP contribution in [0.15, 0.2) is 0 Å². The van der Waals surface area contributed by atoms with Gasteiger partial charge >= 0.3 is 0 Å². The van der Waals surface area contributed by atoms with Crippen LogP contribution in [0.5, 0.6) is 0 Å². The molecule has 0 aromatic heterocycles. The molecule has 0 saturated heterocycles. The van der Waals surface area contributed by atoms with E-state index in [-0.39, 0.29) is 0 Å². The van der Waals surface area contributed by atoms with Gasteiger partial charge in [-0.15, -0.1) is 0 Å². The summed E-state index contributed by atoms with van der Waals surface area (Å²) in [5.74, 6) is 0.658. The number of sulfonamides is 1. The Balaban J connectivity index is 2.62. The van der Waals surface area contributed by atoms with Crippen LogP contribution in [-0.4, -0.2) is 32.8 Å². The molecule has 0 aliphatic heterocycles. The molecule has 0 bridgehead atoms. The van der Waals surface area contributed by atoms with Crippen LogP contribution in [0.4, 0.5) is 0 Å².